The zero-order valence-corrected chi connectivity index (χ0v) is 10.3. The molecular weight excluding hydrogens is 273 g/mol. The van der Waals surface area contributed by atoms with Gasteiger partial charge in [-0.2, -0.15) is 5.26 Å². The Labute approximate surface area is 101 Å². The first kappa shape index (κ1) is 11.2. The Hall–Kier alpha value is -1.34. The molecular formula is C12H9BrFNO. The predicted molar refractivity (Wildman–Crippen MR) is 62.6 cm³/mol. The number of nitriles is 1. The van der Waals surface area contributed by atoms with Gasteiger partial charge in [0.1, 0.15) is 17.5 Å². The van der Waals surface area contributed by atoms with Crippen LogP contribution in [0.5, 0.6) is 0 Å². The second-order valence-corrected chi connectivity index (χ2v) is 4.39. The molecule has 2 aromatic rings. The minimum atomic E-state index is -0.381. The molecule has 0 aliphatic heterocycles. The van der Waals surface area contributed by atoms with E-state index in [4.69, 9.17) is 9.68 Å². The van der Waals surface area contributed by atoms with Crippen LogP contribution in [0.4, 0.5) is 4.39 Å². The minimum Gasteiger partial charge on any atom is -0.445 e. The van der Waals surface area contributed by atoms with Crippen molar-refractivity contribution in [2.45, 2.75) is 19.8 Å². The third-order valence-corrected chi connectivity index (χ3v) is 3.04. The molecule has 0 fully saturated rings. The van der Waals surface area contributed by atoms with Crippen LogP contribution in [0.3, 0.4) is 0 Å². The van der Waals surface area contributed by atoms with Crippen LogP contribution in [0.1, 0.15) is 24.7 Å². The average molecular weight is 282 g/mol. The number of furan rings is 1. The molecule has 4 heteroatoms. The molecule has 0 aliphatic carbocycles. The van der Waals surface area contributed by atoms with Gasteiger partial charge in [-0.3, -0.25) is 0 Å². The van der Waals surface area contributed by atoms with E-state index < -0.39 is 0 Å². The van der Waals surface area contributed by atoms with Crippen LogP contribution < -0.4 is 0 Å². The van der Waals surface area contributed by atoms with Gasteiger partial charge in [-0.05, 0) is 28.4 Å². The highest BCUT2D eigenvalue weighted by molar-refractivity contribution is 9.10. The molecule has 2 nitrogen and oxygen atoms in total. The molecule has 0 radical (unpaired) electrons. The molecule has 0 unspecified atom stereocenters. The number of halogens is 2. The van der Waals surface area contributed by atoms with Gasteiger partial charge in [0.15, 0.2) is 0 Å². The van der Waals surface area contributed by atoms with Gasteiger partial charge < -0.3 is 4.42 Å². The maximum absolute atomic E-state index is 13.3. The molecule has 0 spiro atoms. The Morgan fingerprint density at radius 1 is 1.50 bits per heavy atom. The summed E-state index contributed by atoms with van der Waals surface area (Å²) in [4.78, 5) is 0. The van der Waals surface area contributed by atoms with E-state index in [1.54, 1.807) is 6.07 Å². The molecule has 1 heterocycles. The van der Waals surface area contributed by atoms with Gasteiger partial charge in [-0.25, -0.2) is 4.39 Å². The molecule has 0 saturated heterocycles. The lowest BCUT2D eigenvalue weighted by molar-refractivity contribution is 0.581. The molecule has 82 valence electrons. The summed E-state index contributed by atoms with van der Waals surface area (Å²) in [5.41, 5.74) is 1.29. The first-order valence-corrected chi connectivity index (χ1v) is 5.77. The summed E-state index contributed by atoms with van der Waals surface area (Å²) in [6.07, 6.45) is 1.67. The largest absolute Gasteiger partial charge is 0.445 e. The van der Waals surface area contributed by atoms with Crippen LogP contribution >= 0.6 is 15.9 Å². The van der Waals surface area contributed by atoms with E-state index in [1.807, 2.05) is 13.0 Å². The van der Waals surface area contributed by atoms with Crippen LogP contribution in [0, 0.1) is 17.1 Å². The summed E-state index contributed by atoms with van der Waals surface area (Å²) in [6.45, 7) is 2.03. The van der Waals surface area contributed by atoms with E-state index in [0.29, 0.717) is 10.1 Å². The maximum atomic E-state index is 13.3. The highest BCUT2D eigenvalue weighted by Gasteiger charge is 2.15. The fourth-order valence-electron chi connectivity index (χ4n) is 1.73. The van der Waals surface area contributed by atoms with Gasteiger partial charge >= 0.3 is 0 Å². The van der Waals surface area contributed by atoms with Crippen molar-refractivity contribution in [1.29, 1.82) is 5.26 Å². The number of benzene rings is 1. The van der Waals surface area contributed by atoms with Gasteiger partial charge in [0.2, 0.25) is 5.76 Å². The first-order valence-electron chi connectivity index (χ1n) is 4.98. The molecule has 0 saturated carbocycles. The van der Waals surface area contributed by atoms with Crippen molar-refractivity contribution in [2.75, 3.05) is 0 Å². The Morgan fingerprint density at radius 3 is 2.88 bits per heavy atom. The smallest absolute Gasteiger partial charge is 0.207 e. The van der Waals surface area contributed by atoms with Crippen molar-refractivity contribution in [3.63, 3.8) is 0 Å². The molecule has 0 amide bonds. The number of hydrogen-bond acceptors (Lipinski definition) is 2. The zero-order chi connectivity index (χ0) is 11.7. The topological polar surface area (TPSA) is 36.9 Å². The lowest BCUT2D eigenvalue weighted by Gasteiger charge is -1.96. The lowest BCUT2D eigenvalue weighted by atomic mass is 10.1. The molecule has 0 N–H and O–H groups in total. The lowest BCUT2D eigenvalue weighted by Crippen LogP contribution is -1.85. The second-order valence-electron chi connectivity index (χ2n) is 3.53. The van der Waals surface area contributed by atoms with Crippen molar-refractivity contribution in [3.05, 3.63) is 33.7 Å². The van der Waals surface area contributed by atoms with Gasteiger partial charge in [0.25, 0.3) is 0 Å². The highest BCUT2D eigenvalue weighted by atomic mass is 79.9. The number of fused-ring (bicyclic) bond motifs is 1. The van der Waals surface area contributed by atoms with Gasteiger partial charge in [-0.1, -0.05) is 13.3 Å². The van der Waals surface area contributed by atoms with Crippen molar-refractivity contribution < 1.29 is 8.81 Å². The number of aryl methyl sites for hydroxylation is 1. The van der Waals surface area contributed by atoms with Crippen LogP contribution in [0.25, 0.3) is 11.0 Å². The SMILES string of the molecule is CCCc1c(C#N)oc2cc(F)c(Br)cc12. The highest BCUT2D eigenvalue weighted by Crippen LogP contribution is 2.30. The van der Waals surface area contributed by atoms with Crippen molar-refractivity contribution in [3.8, 4) is 6.07 Å². The number of hydrogen-bond donors (Lipinski definition) is 0. The Balaban J connectivity index is 2.75. The van der Waals surface area contributed by atoms with Crippen LogP contribution in [-0.2, 0) is 6.42 Å². The van der Waals surface area contributed by atoms with Crippen molar-refractivity contribution in [1.82, 2.24) is 0 Å². The molecule has 1 aromatic heterocycles. The van der Waals surface area contributed by atoms with E-state index in [1.165, 1.54) is 6.07 Å². The summed E-state index contributed by atoms with van der Waals surface area (Å²) in [6, 6.07) is 4.98. The van der Waals surface area contributed by atoms with Crippen LogP contribution in [0.2, 0.25) is 0 Å². The van der Waals surface area contributed by atoms with Crippen molar-refractivity contribution >= 4 is 26.9 Å². The quantitative estimate of drug-likeness (QED) is 0.829. The summed E-state index contributed by atoms with van der Waals surface area (Å²) < 4.78 is 19.0. The fourth-order valence-corrected chi connectivity index (χ4v) is 2.07. The van der Waals surface area contributed by atoms with E-state index in [2.05, 4.69) is 15.9 Å². The van der Waals surface area contributed by atoms with E-state index in [9.17, 15) is 4.39 Å². The van der Waals surface area contributed by atoms with Gasteiger partial charge in [0, 0.05) is 17.0 Å². The summed E-state index contributed by atoms with van der Waals surface area (Å²) in [5.74, 6) is -0.0943. The van der Waals surface area contributed by atoms with E-state index >= 15 is 0 Å². The van der Waals surface area contributed by atoms with Crippen LogP contribution in [0.15, 0.2) is 21.0 Å². The first-order chi connectivity index (χ1) is 7.67. The monoisotopic (exact) mass is 281 g/mol. The molecule has 1 aromatic carbocycles. The second kappa shape index (κ2) is 4.26. The van der Waals surface area contributed by atoms with Gasteiger partial charge in [0.05, 0.1) is 4.47 Å². The third-order valence-electron chi connectivity index (χ3n) is 2.44. The van der Waals surface area contributed by atoms with Crippen molar-refractivity contribution in [2.24, 2.45) is 0 Å². The molecule has 0 aliphatic rings. The molecule has 2 rings (SSSR count). The van der Waals surface area contributed by atoms with E-state index in [0.717, 1.165) is 23.8 Å². The Kier molecular flexibility index (Phi) is 2.97. The summed E-state index contributed by atoms with van der Waals surface area (Å²) >= 11 is 3.13. The fraction of sp³-hybridized carbons (Fsp3) is 0.250. The molecule has 0 atom stereocenters. The standard InChI is InChI=1S/C12H9BrFNO/c1-2-3-7-8-4-9(13)10(14)5-11(8)16-12(7)6-15/h4-5H,2-3H2,1H3. The van der Waals surface area contributed by atoms with Crippen LogP contribution in [-0.4, -0.2) is 0 Å². The molecule has 0 bridgehead atoms. The third kappa shape index (κ3) is 1.72. The maximum Gasteiger partial charge on any atom is 0.207 e. The average Bonchev–Trinajstić information content (AvgIpc) is 2.58. The minimum absolute atomic E-state index is 0.286. The number of nitrogens with zero attached hydrogens (tertiary/aromatic N) is 1. The summed E-state index contributed by atoms with van der Waals surface area (Å²) in [7, 11) is 0. The normalized spacial score (nSPS) is 10.6. The predicted octanol–water partition coefficient (Wildman–Crippen LogP) is 4.16. The number of rotatable bonds is 2. The summed E-state index contributed by atoms with van der Waals surface area (Å²) in [5, 5.41) is 9.75. The van der Waals surface area contributed by atoms with Gasteiger partial charge in [-0.15, -0.1) is 0 Å². The van der Waals surface area contributed by atoms with E-state index in [-0.39, 0.29) is 11.6 Å². The molecule has 16 heavy (non-hydrogen) atoms. The Bertz CT molecular complexity index is 583. The Morgan fingerprint density at radius 2 is 2.25 bits per heavy atom. The zero-order valence-electron chi connectivity index (χ0n) is 8.68.